The van der Waals surface area contributed by atoms with E-state index in [4.69, 9.17) is 5.73 Å². The average molecular weight is 241 g/mol. The molecule has 18 heavy (non-hydrogen) atoms. The van der Waals surface area contributed by atoms with Gasteiger partial charge in [0.2, 0.25) is 0 Å². The Hall–Kier alpha value is -2.42. The summed E-state index contributed by atoms with van der Waals surface area (Å²) < 4.78 is 13.3. The summed E-state index contributed by atoms with van der Waals surface area (Å²) in [6, 6.07) is 12.9. The standard InChI is InChI=1S/C15H12FNO/c16-14-4-2-1-3-11(14)7-10-15(18)12-5-8-13(17)9-6-12/h1-10H,17H2. The Morgan fingerprint density at radius 1 is 1.06 bits per heavy atom. The van der Waals surface area contributed by atoms with Crippen molar-refractivity contribution in [3.8, 4) is 0 Å². The van der Waals surface area contributed by atoms with Gasteiger partial charge in [0.05, 0.1) is 0 Å². The molecule has 0 aliphatic heterocycles. The summed E-state index contributed by atoms with van der Waals surface area (Å²) in [5, 5.41) is 0. The lowest BCUT2D eigenvalue weighted by atomic mass is 10.1. The molecule has 0 atom stereocenters. The van der Waals surface area contributed by atoms with E-state index in [1.54, 1.807) is 42.5 Å². The number of ketones is 1. The number of allylic oxidation sites excluding steroid dienone is 1. The number of benzene rings is 2. The van der Waals surface area contributed by atoms with E-state index in [9.17, 15) is 9.18 Å². The van der Waals surface area contributed by atoms with Gasteiger partial charge >= 0.3 is 0 Å². The molecule has 90 valence electrons. The zero-order chi connectivity index (χ0) is 13.0. The molecule has 0 saturated carbocycles. The third kappa shape index (κ3) is 2.83. The first-order valence-electron chi connectivity index (χ1n) is 5.49. The Labute approximate surface area is 105 Å². The summed E-state index contributed by atoms with van der Waals surface area (Å²) >= 11 is 0. The van der Waals surface area contributed by atoms with E-state index < -0.39 is 0 Å². The molecule has 0 aromatic heterocycles. The van der Waals surface area contributed by atoms with Crippen LogP contribution in [0.25, 0.3) is 6.08 Å². The molecule has 2 aromatic carbocycles. The molecule has 2 N–H and O–H groups in total. The maximum atomic E-state index is 13.3. The molecular weight excluding hydrogens is 229 g/mol. The van der Waals surface area contributed by atoms with Gasteiger partial charge in [-0.3, -0.25) is 4.79 Å². The maximum absolute atomic E-state index is 13.3. The van der Waals surface area contributed by atoms with Gasteiger partial charge in [-0.1, -0.05) is 18.2 Å². The monoisotopic (exact) mass is 241 g/mol. The maximum Gasteiger partial charge on any atom is 0.185 e. The lowest BCUT2D eigenvalue weighted by molar-refractivity contribution is 0.104. The number of anilines is 1. The highest BCUT2D eigenvalue weighted by atomic mass is 19.1. The normalized spacial score (nSPS) is 10.7. The number of rotatable bonds is 3. The molecular formula is C15H12FNO. The number of nitrogen functional groups attached to an aromatic ring is 1. The van der Waals surface area contributed by atoms with E-state index in [1.807, 2.05) is 0 Å². The van der Waals surface area contributed by atoms with E-state index in [1.165, 1.54) is 18.2 Å². The second-order valence-corrected chi connectivity index (χ2v) is 3.84. The highest BCUT2D eigenvalue weighted by Gasteiger charge is 2.02. The summed E-state index contributed by atoms with van der Waals surface area (Å²) in [5.41, 5.74) is 7.05. The molecule has 2 rings (SSSR count). The highest BCUT2D eigenvalue weighted by Crippen LogP contribution is 2.11. The second kappa shape index (κ2) is 5.27. The van der Waals surface area contributed by atoms with Gasteiger partial charge in [0, 0.05) is 16.8 Å². The van der Waals surface area contributed by atoms with Crippen LogP contribution in [0.3, 0.4) is 0 Å². The number of hydrogen-bond donors (Lipinski definition) is 1. The number of carbonyl (C=O) groups is 1. The van der Waals surface area contributed by atoms with Crippen molar-refractivity contribution >= 4 is 17.5 Å². The van der Waals surface area contributed by atoms with Gasteiger partial charge in [-0.25, -0.2) is 4.39 Å². The smallest absolute Gasteiger partial charge is 0.185 e. The van der Waals surface area contributed by atoms with E-state index >= 15 is 0 Å². The molecule has 0 radical (unpaired) electrons. The molecule has 3 heteroatoms. The molecule has 0 saturated heterocycles. The first-order valence-corrected chi connectivity index (χ1v) is 5.49. The lowest BCUT2D eigenvalue weighted by Crippen LogP contribution is -1.95. The lowest BCUT2D eigenvalue weighted by Gasteiger charge is -1.97. The fourth-order valence-electron chi connectivity index (χ4n) is 1.52. The fourth-order valence-corrected chi connectivity index (χ4v) is 1.52. The first-order chi connectivity index (χ1) is 8.66. The van der Waals surface area contributed by atoms with Gasteiger partial charge < -0.3 is 5.73 Å². The summed E-state index contributed by atoms with van der Waals surface area (Å²) in [5.74, 6) is -0.530. The van der Waals surface area contributed by atoms with Crippen LogP contribution in [0.2, 0.25) is 0 Å². The van der Waals surface area contributed by atoms with Crippen LogP contribution < -0.4 is 5.73 Å². The molecule has 0 aliphatic carbocycles. The van der Waals surface area contributed by atoms with Crippen LogP contribution in [-0.2, 0) is 0 Å². The van der Waals surface area contributed by atoms with Crippen LogP contribution in [0.15, 0.2) is 54.6 Å². The molecule has 0 spiro atoms. The van der Waals surface area contributed by atoms with Crippen molar-refractivity contribution in [2.24, 2.45) is 0 Å². The van der Waals surface area contributed by atoms with Crippen molar-refractivity contribution < 1.29 is 9.18 Å². The predicted molar refractivity (Wildman–Crippen MR) is 70.6 cm³/mol. The third-order valence-electron chi connectivity index (χ3n) is 2.51. The minimum Gasteiger partial charge on any atom is -0.399 e. The highest BCUT2D eigenvalue weighted by molar-refractivity contribution is 6.06. The van der Waals surface area contributed by atoms with E-state index in [-0.39, 0.29) is 11.6 Å². The predicted octanol–water partition coefficient (Wildman–Crippen LogP) is 3.30. The van der Waals surface area contributed by atoms with Crippen molar-refractivity contribution in [2.75, 3.05) is 5.73 Å². The molecule has 0 fully saturated rings. The van der Waals surface area contributed by atoms with Crippen LogP contribution >= 0.6 is 0 Å². The Morgan fingerprint density at radius 2 is 1.72 bits per heavy atom. The van der Waals surface area contributed by atoms with Crippen LogP contribution in [0.5, 0.6) is 0 Å². The van der Waals surface area contributed by atoms with Gasteiger partial charge in [-0.2, -0.15) is 0 Å². The minimum atomic E-state index is -0.348. The van der Waals surface area contributed by atoms with Crippen molar-refractivity contribution in [1.29, 1.82) is 0 Å². The van der Waals surface area contributed by atoms with Crippen molar-refractivity contribution in [1.82, 2.24) is 0 Å². The van der Waals surface area contributed by atoms with Crippen molar-refractivity contribution in [3.05, 3.63) is 71.6 Å². The molecule has 0 unspecified atom stereocenters. The Morgan fingerprint density at radius 3 is 2.39 bits per heavy atom. The molecule has 0 bridgehead atoms. The van der Waals surface area contributed by atoms with Gasteiger partial charge in [-0.15, -0.1) is 0 Å². The second-order valence-electron chi connectivity index (χ2n) is 3.84. The summed E-state index contributed by atoms with van der Waals surface area (Å²) in [4.78, 5) is 11.8. The third-order valence-corrected chi connectivity index (χ3v) is 2.51. The van der Waals surface area contributed by atoms with Gasteiger partial charge in [0.25, 0.3) is 0 Å². The molecule has 2 aromatic rings. The first kappa shape index (κ1) is 12.0. The topological polar surface area (TPSA) is 43.1 Å². The van der Waals surface area contributed by atoms with Gasteiger partial charge in [0.1, 0.15) is 5.82 Å². The fraction of sp³-hybridized carbons (Fsp3) is 0. The Bertz CT molecular complexity index is 588. The van der Waals surface area contributed by atoms with Crippen LogP contribution in [0, 0.1) is 5.82 Å². The van der Waals surface area contributed by atoms with E-state index in [0.29, 0.717) is 16.8 Å². The van der Waals surface area contributed by atoms with Gasteiger partial charge in [-0.05, 0) is 42.5 Å². The van der Waals surface area contributed by atoms with E-state index in [0.717, 1.165) is 0 Å². The van der Waals surface area contributed by atoms with Crippen LogP contribution in [-0.4, -0.2) is 5.78 Å². The number of halogens is 1. The van der Waals surface area contributed by atoms with Crippen LogP contribution in [0.4, 0.5) is 10.1 Å². The molecule has 2 nitrogen and oxygen atoms in total. The average Bonchev–Trinajstić information content (AvgIpc) is 2.38. The summed E-state index contributed by atoms with van der Waals surface area (Å²) in [6.45, 7) is 0. The van der Waals surface area contributed by atoms with Crippen molar-refractivity contribution in [3.63, 3.8) is 0 Å². The van der Waals surface area contributed by atoms with Gasteiger partial charge in [0.15, 0.2) is 5.78 Å². The molecule has 0 amide bonds. The van der Waals surface area contributed by atoms with E-state index in [2.05, 4.69) is 0 Å². The summed E-state index contributed by atoms with van der Waals surface area (Å²) in [6.07, 6.45) is 2.82. The zero-order valence-electron chi connectivity index (χ0n) is 9.64. The summed E-state index contributed by atoms with van der Waals surface area (Å²) in [7, 11) is 0. The SMILES string of the molecule is Nc1ccc(C(=O)C=Cc2ccccc2F)cc1. The largest absolute Gasteiger partial charge is 0.399 e. The minimum absolute atomic E-state index is 0.182. The number of carbonyl (C=O) groups excluding carboxylic acids is 1. The quantitative estimate of drug-likeness (QED) is 0.509. The molecule has 0 heterocycles. The number of hydrogen-bond acceptors (Lipinski definition) is 2. The Kier molecular flexibility index (Phi) is 3.53. The number of nitrogens with two attached hydrogens (primary N) is 1. The zero-order valence-corrected chi connectivity index (χ0v) is 9.64. The molecule has 0 aliphatic rings. The Balaban J connectivity index is 2.17. The van der Waals surface area contributed by atoms with Crippen molar-refractivity contribution in [2.45, 2.75) is 0 Å². The van der Waals surface area contributed by atoms with Crippen LogP contribution in [0.1, 0.15) is 15.9 Å².